The molecule has 1 aliphatic heterocycles. The number of rotatable bonds is 9. The van der Waals surface area contributed by atoms with Crippen LogP contribution in [-0.4, -0.2) is 25.8 Å². The number of hydrogen-bond acceptors (Lipinski definition) is 4. The van der Waals surface area contributed by atoms with Gasteiger partial charge in [0.1, 0.15) is 11.7 Å². The lowest BCUT2D eigenvalue weighted by molar-refractivity contribution is -0.326. The van der Waals surface area contributed by atoms with Crippen molar-refractivity contribution in [1.29, 1.82) is 0 Å². The van der Waals surface area contributed by atoms with E-state index in [1.807, 2.05) is 36.4 Å². The van der Waals surface area contributed by atoms with E-state index in [4.69, 9.17) is 18.9 Å². The maximum absolute atomic E-state index is 7.09. The van der Waals surface area contributed by atoms with E-state index in [1.165, 1.54) is 0 Å². The Bertz CT molecular complexity index is 1120. The van der Waals surface area contributed by atoms with Gasteiger partial charge >= 0.3 is 0 Å². The van der Waals surface area contributed by atoms with Gasteiger partial charge in [0.2, 0.25) is 0 Å². The summed E-state index contributed by atoms with van der Waals surface area (Å²) in [6.07, 6.45) is -0.577. The second-order valence-corrected chi connectivity index (χ2v) is 9.54. The summed E-state index contributed by atoms with van der Waals surface area (Å²) in [5, 5.41) is 0. The van der Waals surface area contributed by atoms with Crippen LogP contribution in [0.5, 0.6) is 0 Å². The minimum absolute atomic E-state index is 0.160. The standard InChI is InChI=1S/C33H34O4/c1-25-23-30(36-32(34-2)31(25)35-24-26-15-7-3-8-16-26)37-33(27-17-9-4-10-18-27,28-19-11-5-12-20-28)29-21-13-6-14-22-29/h3-22,25,30-32H,23-24H2,1-2H3/t25?,30?,31?,32-/m0/s1. The van der Waals surface area contributed by atoms with Crippen LogP contribution >= 0.6 is 0 Å². The van der Waals surface area contributed by atoms with Crippen molar-refractivity contribution in [3.8, 4) is 0 Å². The van der Waals surface area contributed by atoms with Crippen molar-refractivity contribution in [2.45, 2.75) is 44.2 Å². The number of methoxy groups -OCH3 is 1. The van der Waals surface area contributed by atoms with Crippen LogP contribution in [0.3, 0.4) is 0 Å². The Morgan fingerprint density at radius 3 is 1.62 bits per heavy atom. The fourth-order valence-electron chi connectivity index (χ4n) is 5.18. The van der Waals surface area contributed by atoms with Crippen molar-refractivity contribution in [1.82, 2.24) is 0 Å². The average Bonchev–Trinajstić information content (AvgIpc) is 2.97. The molecule has 0 spiro atoms. The van der Waals surface area contributed by atoms with E-state index in [2.05, 4.69) is 91.9 Å². The summed E-state index contributed by atoms with van der Waals surface area (Å²) in [7, 11) is 1.66. The summed E-state index contributed by atoms with van der Waals surface area (Å²) in [5.74, 6) is 0.160. The van der Waals surface area contributed by atoms with Gasteiger partial charge in [0.25, 0.3) is 0 Å². The predicted octanol–water partition coefficient (Wildman–Crippen LogP) is 6.94. The van der Waals surface area contributed by atoms with Crippen LogP contribution in [0.15, 0.2) is 121 Å². The Labute approximate surface area is 219 Å². The molecule has 4 atom stereocenters. The van der Waals surface area contributed by atoms with Gasteiger partial charge < -0.3 is 18.9 Å². The van der Waals surface area contributed by atoms with Gasteiger partial charge in [0, 0.05) is 13.5 Å². The van der Waals surface area contributed by atoms with Gasteiger partial charge in [-0.15, -0.1) is 0 Å². The SMILES string of the molecule is CO[C@H]1OC(OC(c2ccccc2)(c2ccccc2)c2ccccc2)CC(C)C1OCc1ccccc1. The predicted molar refractivity (Wildman–Crippen MR) is 145 cm³/mol. The third kappa shape index (κ3) is 5.53. The number of benzene rings is 4. The minimum atomic E-state index is -0.857. The topological polar surface area (TPSA) is 36.9 Å². The monoisotopic (exact) mass is 494 g/mol. The van der Waals surface area contributed by atoms with Crippen molar-refractivity contribution in [3.05, 3.63) is 144 Å². The van der Waals surface area contributed by atoms with Crippen molar-refractivity contribution in [2.75, 3.05) is 7.11 Å². The van der Waals surface area contributed by atoms with Gasteiger partial charge in [-0.3, -0.25) is 0 Å². The fraction of sp³-hybridized carbons (Fsp3) is 0.273. The lowest BCUT2D eigenvalue weighted by Crippen LogP contribution is -2.50. The smallest absolute Gasteiger partial charge is 0.186 e. The van der Waals surface area contributed by atoms with E-state index in [9.17, 15) is 0 Å². The van der Waals surface area contributed by atoms with E-state index in [0.29, 0.717) is 13.0 Å². The molecule has 4 aromatic rings. The van der Waals surface area contributed by atoms with E-state index in [0.717, 1.165) is 22.3 Å². The van der Waals surface area contributed by atoms with Crippen LogP contribution in [0.4, 0.5) is 0 Å². The van der Waals surface area contributed by atoms with Crippen LogP contribution in [-0.2, 0) is 31.2 Å². The number of hydrogen-bond donors (Lipinski definition) is 0. The first-order valence-corrected chi connectivity index (χ1v) is 12.9. The molecule has 1 saturated heterocycles. The second-order valence-electron chi connectivity index (χ2n) is 9.54. The highest BCUT2D eigenvalue weighted by Gasteiger charge is 2.45. The molecule has 4 heteroatoms. The van der Waals surface area contributed by atoms with Gasteiger partial charge in [-0.25, -0.2) is 0 Å². The molecule has 1 fully saturated rings. The molecule has 0 amide bonds. The zero-order chi connectivity index (χ0) is 25.5. The van der Waals surface area contributed by atoms with Crippen LogP contribution in [0, 0.1) is 5.92 Å². The van der Waals surface area contributed by atoms with Crippen LogP contribution in [0.25, 0.3) is 0 Å². The van der Waals surface area contributed by atoms with E-state index < -0.39 is 18.2 Å². The molecular weight excluding hydrogens is 460 g/mol. The van der Waals surface area contributed by atoms with E-state index in [1.54, 1.807) is 7.11 Å². The van der Waals surface area contributed by atoms with Crippen molar-refractivity contribution in [2.24, 2.45) is 5.92 Å². The molecule has 37 heavy (non-hydrogen) atoms. The summed E-state index contributed by atoms with van der Waals surface area (Å²) in [5.41, 5.74) is 3.39. The fourth-order valence-corrected chi connectivity index (χ4v) is 5.18. The molecule has 3 unspecified atom stereocenters. The van der Waals surface area contributed by atoms with Gasteiger partial charge in [0.15, 0.2) is 12.6 Å². The lowest BCUT2D eigenvalue weighted by atomic mass is 9.80. The maximum atomic E-state index is 7.09. The van der Waals surface area contributed by atoms with Crippen LogP contribution < -0.4 is 0 Å². The molecule has 1 heterocycles. The molecule has 190 valence electrons. The minimum Gasteiger partial charge on any atom is -0.368 e. The lowest BCUT2D eigenvalue weighted by Gasteiger charge is -2.44. The molecule has 1 aliphatic rings. The normalized spacial score (nSPS) is 22.0. The van der Waals surface area contributed by atoms with Crippen LogP contribution in [0.1, 0.15) is 35.6 Å². The third-order valence-electron chi connectivity index (χ3n) is 7.05. The average molecular weight is 495 g/mol. The molecule has 0 N–H and O–H groups in total. The Kier molecular flexibility index (Phi) is 8.12. The Balaban J connectivity index is 1.47. The van der Waals surface area contributed by atoms with Crippen molar-refractivity contribution < 1.29 is 18.9 Å². The zero-order valence-corrected chi connectivity index (χ0v) is 21.4. The Morgan fingerprint density at radius 2 is 1.16 bits per heavy atom. The van der Waals surface area contributed by atoms with Crippen molar-refractivity contribution in [3.63, 3.8) is 0 Å². The first-order valence-electron chi connectivity index (χ1n) is 12.9. The Morgan fingerprint density at radius 1 is 0.703 bits per heavy atom. The van der Waals surface area contributed by atoms with Gasteiger partial charge in [-0.1, -0.05) is 128 Å². The van der Waals surface area contributed by atoms with Gasteiger partial charge in [0.05, 0.1) is 6.61 Å². The molecule has 4 aromatic carbocycles. The molecule has 0 aliphatic carbocycles. The zero-order valence-electron chi connectivity index (χ0n) is 21.4. The summed E-state index contributed by atoms with van der Waals surface area (Å²) in [4.78, 5) is 0. The second kappa shape index (κ2) is 11.8. The number of ether oxygens (including phenoxy) is 4. The molecule has 0 aromatic heterocycles. The molecule has 0 bridgehead atoms. The third-order valence-corrected chi connectivity index (χ3v) is 7.05. The summed E-state index contributed by atoms with van der Waals surface area (Å²) in [6, 6.07) is 41.3. The summed E-state index contributed by atoms with van der Waals surface area (Å²) in [6.45, 7) is 2.68. The summed E-state index contributed by atoms with van der Waals surface area (Å²) < 4.78 is 25.7. The largest absolute Gasteiger partial charge is 0.368 e. The van der Waals surface area contributed by atoms with Gasteiger partial charge in [-0.2, -0.15) is 0 Å². The summed E-state index contributed by atoms with van der Waals surface area (Å²) >= 11 is 0. The molecule has 4 nitrogen and oxygen atoms in total. The quantitative estimate of drug-likeness (QED) is 0.236. The Hall–Kier alpha value is -3.28. The highest BCUT2D eigenvalue weighted by molar-refractivity contribution is 5.47. The van der Waals surface area contributed by atoms with E-state index >= 15 is 0 Å². The van der Waals surface area contributed by atoms with Crippen LogP contribution in [0.2, 0.25) is 0 Å². The van der Waals surface area contributed by atoms with Crippen molar-refractivity contribution >= 4 is 0 Å². The highest BCUT2D eigenvalue weighted by Crippen LogP contribution is 2.43. The molecule has 0 radical (unpaired) electrons. The first-order chi connectivity index (χ1) is 18.2. The molecular formula is C33H34O4. The molecule has 5 rings (SSSR count). The van der Waals surface area contributed by atoms with E-state index in [-0.39, 0.29) is 12.0 Å². The van der Waals surface area contributed by atoms with Gasteiger partial charge in [-0.05, 0) is 28.2 Å². The highest BCUT2D eigenvalue weighted by atomic mass is 16.8. The first kappa shape index (κ1) is 25.4. The molecule has 0 saturated carbocycles. The maximum Gasteiger partial charge on any atom is 0.186 e.